The van der Waals surface area contributed by atoms with Crippen molar-refractivity contribution in [1.82, 2.24) is 9.55 Å². The van der Waals surface area contributed by atoms with Crippen molar-refractivity contribution >= 4 is 13.6 Å². The lowest BCUT2D eigenvalue weighted by atomic mass is 9.87. The van der Waals surface area contributed by atoms with E-state index in [9.17, 15) is 28.1 Å². The number of nitrogen functional groups attached to an aromatic ring is 1. The highest BCUT2D eigenvalue weighted by atomic mass is 31.2. The molecule has 0 aliphatic carbocycles. The topological polar surface area (TPSA) is 155 Å². The van der Waals surface area contributed by atoms with Crippen LogP contribution >= 0.6 is 7.82 Å². The minimum atomic E-state index is -4.89. The van der Waals surface area contributed by atoms with E-state index in [1.807, 2.05) is 6.92 Å². The van der Waals surface area contributed by atoms with Gasteiger partial charge >= 0.3 is 19.4 Å². The summed E-state index contributed by atoms with van der Waals surface area (Å²) in [6, 6.07) is 2.75. The number of fused-ring (bicyclic) bond motifs is 1. The van der Waals surface area contributed by atoms with E-state index >= 15 is 0 Å². The Morgan fingerprint density at radius 3 is 2.41 bits per heavy atom. The Balaban J connectivity index is 1.33. The van der Waals surface area contributed by atoms with Gasteiger partial charge in [-0.25, -0.2) is 9.36 Å². The molecular formula is C37H52F2N3O8P. The van der Waals surface area contributed by atoms with Crippen molar-refractivity contribution in [3.05, 3.63) is 80.5 Å². The number of aromatic nitrogens is 2. The van der Waals surface area contributed by atoms with Gasteiger partial charge in [-0.15, -0.1) is 0 Å². The van der Waals surface area contributed by atoms with E-state index in [0.29, 0.717) is 22.3 Å². The van der Waals surface area contributed by atoms with E-state index in [1.54, 1.807) is 13.0 Å². The van der Waals surface area contributed by atoms with Gasteiger partial charge in [0.25, 0.3) is 0 Å². The van der Waals surface area contributed by atoms with Crippen LogP contribution in [0.2, 0.25) is 0 Å². The molecule has 0 radical (unpaired) electrons. The number of hydrogen-bond acceptors (Lipinski definition) is 9. The van der Waals surface area contributed by atoms with Gasteiger partial charge in [0.05, 0.1) is 6.61 Å². The van der Waals surface area contributed by atoms with Gasteiger partial charge < -0.3 is 24.8 Å². The van der Waals surface area contributed by atoms with Crippen LogP contribution < -0.4 is 20.7 Å². The number of halogens is 2. The van der Waals surface area contributed by atoms with Crippen LogP contribution in [0.3, 0.4) is 0 Å². The SMILES string of the molecule is CC(C)=CCC/C(C)=C/CC/C(C)=C/CC[C@]1(C)CCc2cc(OP(=O)(O)OC[C@H]3O[C@@H](n4ccc(N)nc4=O)C(F)(F)[C@@H]3O)c(C)c(C)c2O1. The molecule has 0 saturated carbocycles. The molecule has 4 rings (SSSR count). The Hall–Kier alpha value is -3.35. The number of phosphoric acid groups is 1. The Bertz CT molecular complexity index is 1770. The van der Waals surface area contributed by atoms with Crippen LogP contribution in [0.25, 0.3) is 0 Å². The van der Waals surface area contributed by atoms with Crippen molar-refractivity contribution in [2.45, 2.75) is 130 Å². The maximum atomic E-state index is 14.9. The van der Waals surface area contributed by atoms with E-state index in [0.717, 1.165) is 68.3 Å². The van der Waals surface area contributed by atoms with Gasteiger partial charge in [0.15, 0.2) is 6.10 Å². The molecule has 5 atom stereocenters. The monoisotopic (exact) mass is 735 g/mol. The average molecular weight is 736 g/mol. The molecule has 2 aromatic rings. The van der Waals surface area contributed by atoms with E-state index < -0.39 is 50.1 Å². The third-order valence-corrected chi connectivity index (χ3v) is 10.4. The van der Waals surface area contributed by atoms with Gasteiger partial charge in [-0.1, -0.05) is 34.9 Å². The van der Waals surface area contributed by atoms with Crippen LogP contribution in [-0.4, -0.2) is 49.9 Å². The molecule has 2 aliphatic heterocycles. The molecule has 282 valence electrons. The highest BCUT2D eigenvalue weighted by Crippen LogP contribution is 2.50. The summed E-state index contributed by atoms with van der Waals surface area (Å²) in [6.07, 6.45) is 8.69. The number of ether oxygens (including phenoxy) is 2. The number of nitrogens with two attached hydrogens (primary N) is 1. The van der Waals surface area contributed by atoms with Crippen molar-refractivity contribution < 1.29 is 41.9 Å². The molecule has 1 aromatic heterocycles. The summed E-state index contributed by atoms with van der Waals surface area (Å²) in [4.78, 5) is 26.1. The average Bonchev–Trinajstić information content (AvgIpc) is 3.26. The number of allylic oxidation sites excluding steroid dienone is 6. The van der Waals surface area contributed by atoms with Crippen LogP contribution in [0.4, 0.5) is 14.6 Å². The number of rotatable bonds is 15. The number of hydrogen-bond donors (Lipinski definition) is 3. The summed E-state index contributed by atoms with van der Waals surface area (Å²) in [5.74, 6) is -3.34. The zero-order valence-electron chi connectivity index (χ0n) is 30.6. The summed E-state index contributed by atoms with van der Waals surface area (Å²) in [5.41, 5.74) is 10.1. The quantitative estimate of drug-likeness (QED) is 0.122. The van der Waals surface area contributed by atoms with Gasteiger partial charge in [0.2, 0.25) is 6.23 Å². The number of benzene rings is 1. The number of nitrogens with zero attached hydrogens (tertiary/aromatic N) is 2. The fourth-order valence-corrected chi connectivity index (χ4v) is 7.04. The standard InChI is InChI=1S/C37H52F2N3O8P/c1-23(2)11-8-12-24(3)13-9-14-25(4)15-10-18-36(7)19-16-28-21-29(26(5)27(6)32(28)49-36)50-51(45,46)47-22-30-33(43)37(38,39)34(48-30)42-20-17-31(40)41-35(42)44/h11,13,15,17,20-21,30,33-34,43H,8-10,12,14,16,18-19,22H2,1-7H3,(H,45,46)(H2,40,41,44)/b24-13+,25-15+/t30-,33-,34-,36-/m1/s1. The number of anilines is 1. The van der Waals surface area contributed by atoms with E-state index in [1.165, 1.54) is 16.7 Å². The first kappa shape index (κ1) is 40.4. The summed E-state index contributed by atoms with van der Waals surface area (Å²) in [5, 5.41) is 10.3. The number of alkyl halides is 2. The van der Waals surface area contributed by atoms with Crippen LogP contribution in [0, 0.1) is 13.8 Å². The highest BCUT2D eigenvalue weighted by Gasteiger charge is 2.60. The lowest BCUT2D eigenvalue weighted by Gasteiger charge is -2.37. The van der Waals surface area contributed by atoms with Gasteiger partial charge in [0, 0.05) is 6.20 Å². The lowest BCUT2D eigenvalue weighted by molar-refractivity contribution is -0.140. The van der Waals surface area contributed by atoms with Crippen molar-refractivity contribution in [1.29, 1.82) is 0 Å². The molecule has 1 fully saturated rings. The number of aliphatic hydroxyl groups is 1. The van der Waals surface area contributed by atoms with Gasteiger partial charge in [-0.05, 0) is 129 Å². The Morgan fingerprint density at radius 2 is 1.76 bits per heavy atom. The third-order valence-electron chi connectivity index (χ3n) is 9.53. The number of phosphoric ester groups is 1. The molecule has 11 nitrogen and oxygen atoms in total. The Labute approximate surface area is 298 Å². The van der Waals surface area contributed by atoms with Crippen LogP contribution in [-0.2, 0) is 20.2 Å². The zero-order valence-corrected chi connectivity index (χ0v) is 31.5. The normalized spacial score (nSPS) is 24.4. The number of aliphatic hydroxyl groups excluding tert-OH is 1. The van der Waals surface area contributed by atoms with Gasteiger partial charge in [-0.2, -0.15) is 13.8 Å². The largest absolute Gasteiger partial charge is 0.527 e. The predicted molar refractivity (Wildman–Crippen MR) is 192 cm³/mol. The van der Waals surface area contributed by atoms with Crippen molar-refractivity contribution in [3.8, 4) is 11.5 Å². The molecule has 1 aromatic carbocycles. The molecule has 4 N–H and O–H groups in total. The van der Waals surface area contributed by atoms with Gasteiger partial charge in [0.1, 0.15) is 29.0 Å². The molecule has 0 spiro atoms. The molecule has 14 heteroatoms. The Morgan fingerprint density at radius 1 is 1.12 bits per heavy atom. The molecule has 2 aliphatic rings. The molecule has 1 unspecified atom stereocenters. The van der Waals surface area contributed by atoms with Crippen molar-refractivity contribution in [2.24, 2.45) is 0 Å². The second-order valence-electron chi connectivity index (χ2n) is 14.2. The second-order valence-corrected chi connectivity index (χ2v) is 15.6. The number of aryl methyl sites for hydroxylation is 1. The third kappa shape index (κ3) is 10.4. The first-order valence-corrected chi connectivity index (χ1v) is 18.8. The van der Waals surface area contributed by atoms with Crippen LogP contribution in [0.15, 0.2) is 58.1 Å². The fourth-order valence-electron chi connectivity index (χ4n) is 6.21. The summed E-state index contributed by atoms with van der Waals surface area (Å²) in [7, 11) is -4.89. The van der Waals surface area contributed by atoms with Crippen LogP contribution in [0.1, 0.15) is 102 Å². The van der Waals surface area contributed by atoms with Gasteiger partial charge in [-0.3, -0.25) is 14.0 Å². The maximum absolute atomic E-state index is 14.9. The molecule has 1 saturated heterocycles. The predicted octanol–water partition coefficient (Wildman–Crippen LogP) is 7.82. The molecule has 0 bridgehead atoms. The maximum Gasteiger partial charge on any atom is 0.527 e. The minimum Gasteiger partial charge on any atom is -0.487 e. The van der Waals surface area contributed by atoms with E-state index in [-0.39, 0.29) is 11.6 Å². The first-order chi connectivity index (χ1) is 23.8. The summed E-state index contributed by atoms with van der Waals surface area (Å²) >= 11 is 0. The molecule has 0 amide bonds. The highest BCUT2D eigenvalue weighted by molar-refractivity contribution is 7.47. The summed E-state index contributed by atoms with van der Waals surface area (Å²) in [6.45, 7) is 13.3. The second kappa shape index (κ2) is 16.5. The van der Waals surface area contributed by atoms with Crippen molar-refractivity contribution in [3.63, 3.8) is 0 Å². The minimum absolute atomic E-state index is 0.0830. The Kier molecular flexibility index (Phi) is 13.1. The fraction of sp³-hybridized carbons (Fsp3) is 0.568. The first-order valence-electron chi connectivity index (χ1n) is 17.3. The smallest absolute Gasteiger partial charge is 0.487 e. The summed E-state index contributed by atoms with van der Waals surface area (Å²) < 4.78 is 65.4. The molecule has 51 heavy (non-hydrogen) atoms. The van der Waals surface area contributed by atoms with Crippen LogP contribution in [0.5, 0.6) is 11.5 Å². The lowest BCUT2D eigenvalue weighted by Crippen LogP contribution is -2.42. The molecular weight excluding hydrogens is 683 g/mol. The zero-order chi connectivity index (χ0) is 37.7. The molecule has 3 heterocycles. The van der Waals surface area contributed by atoms with E-state index in [2.05, 4.69) is 57.8 Å². The van der Waals surface area contributed by atoms with Crippen molar-refractivity contribution in [2.75, 3.05) is 12.3 Å². The van der Waals surface area contributed by atoms with E-state index in [4.69, 9.17) is 24.3 Å².